The zero-order chi connectivity index (χ0) is 17.8. The molecule has 0 radical (unpaired) electrons. The van der Waals surface area contributed by atoms with E-state index in [-0.39, 0.29) is 5.91 Å². The quantitative estimate of drug-likeness (QED) is 0.767. The van der Waals surface area contributed by atoms with Crippen LogP contribution < -0.4 is 10.5 Å². The van der Waals surface area contributed by atoms with Gasteiger partial charge in [0.15, 0.2) is 0 Å². The first-order chi connectivity index (χ1) is 12.7. The molecular formula is C19H21N5O2. The van der Waals surface area contributed by atoms with E-state index in [9.17, 15) is 4.79 Å². The molecular weight excluding hydrogens is 330 g/mol. The smallest absolute Gasteiger partial charge is 0.274 e. The predicted octanol–water partition coefficient (Wildman–Crippen LogP) is 2.63. The molecule has 7 nitrogen and oxygen atoms in total. The van der Waals surface area contributed by atoms with Gasteiger partial charge in [0.25, 0.3) is 5.91 Å². The van der Waals surface area contributed by atoms with E-state index in [2.05, 4.69) is 14.9 Å². The number of imidazole rings is 1. The number of nitrogens with two attached hydrogens (primary N) is 1. The van der Waals surface area contributed by atoms with Crippen LogP contribution in [0.2, 0.25) is 0 Å². The maximum atomic E-state index is 13.2. The first-order valence-electron chi connectivity index (χ1n) is 9.11. The second kappa shape index (κ2) is 5.59. The Morgan fingerprint density at radius 2 is 1.96 bits per heavy atom. The number of piperidine rings is 1. The normalized spacial score (nSPS) is 22.3. The Kier molecular flexibility index (Phi) is 3.32. The first kappa shape index (κ1) is 15.4. The highest BCUT2D eigenvalue weighted by atomic mass is 16.5. The fourth-order valence-corrected chi connectivity index (χ4v) is 4.58. The van der Waals surface area contributed by atoms with Crippen molar-refractivity contribution in [1.29, 1.82) is 0 Å². The Labute approximate surface area is 150 Å². The number of amides is 1. The van der Waals surface area contributed by atoms with Crippen molar-refractivity contribution in [1.82, 2.24) is 19.3 Å². The van der Waals surface area contributed by atoms with Crippen molar-refractivity contribution < 1.29 is 9.53 Å². The Bertz CT molecular complexity index is 1010. The Balaban J connectivity index is 1.65. The summed E-state index contributed by atoms with van der Waals surface area (Å²) in [5.41, 5.74) is 7.87. The van der Waals surface area contributed by atoms with Gasteiger partial charge < -0.3 is 15.4 Å². The molecule has 2 atom stereocenters. The number of carbonyl (C=O) groups is 1. The Morgan fingerprint density at radius 1 is 1.19 bits per heavy atom. The third kappa shape index (κ3) is 2.09. The number of hydrogen-bond donors (Lipinski definition) is 1. The number of hydrogen-bond acceptors (Lipinski definition) is 5. The van der Waals surface area contributed by atoms with Crippen LogP contribution in [0.15, 0.2) is 24.4 Å². The molecule has 5 rings (SSSR count). The van der Waals surface area contributed by atoms with Gasteiger partial charge in [-0.15, -0.1) is 0 Å². The molecule has 0 spiro atoms. The monoisotopic (exact) mass is 351 g/mol. The zero-order valence-corrected chi connectivity index (χ0v) is 14.7. The fourth-order valence-electron chi connectivity index (χ4n) is 4.58. The van der Waals surface area contributed by atoms with Gasteiger partial charge in [-0.2, -0.15) is 0 Å². The molecule has 134 valence electrons. The number of ether oxygens (including phenoxy) is 1. The molecule has 0 aliphatic carbocycles. The number of anilines is 1. The molecule has 1 amide bonds. The summed E-state index contributed by atoms with van der Waals surface area (Å²) >= 11 is 0. The number of nitrogen functional groups attached to an aromatic ring is 1. The lowest BCUT2D eigenvalue weighted by Gasteiger charge is -2.34. The highest BCUT2D eigenvalue weighted by molar-refractivity contribution is 5.99. The molecule has 2 aromatic heterocycles. The molecule has 0 saturated carbocycles. The summed E-state index contributed by atoms with van der Waals surface area (Å²) in [5, 5.41) is 0.819. The van der Waals surface area contributed by atoms with E-state index in [1.165, 1.54) is 6.42 Å². The van der Waals surface area contributed by atoms with Gasteiger partial charge in [0.2, 0.25) is 5.95 Å². The van der Waals surface area contributed by atoms with Gasteiger partial charge in [0, 0.05) is 23.7 Å². The molecule has 2 bridgehead atoms. The van der Waals surface area contributed by atoms with Crippen LogP contribution in [-0.4, -0.2) is 44.4 Å². The van der Waals surface area contributed by atoms with Gasteiger partial charge in [0.1, 0.15) is 22.6 Å². The summed E-state index contributed by atoms with van der Waals surface area (Å²) in [6, 6.07) is 6.37. The van der Waals surface area contributed by atoms with Crippen molar-refractivity contribution >= 4 is 28.4 Å². The number of rotatable bonds is 2. The van der Waals surface area contributed by atoms with E-state index >= 15 is 0 Å². The second-order valence-electron chi connectivity index (χ2n) is 7.17. The van der Waals surface area contributed by atoms with Crippen molar-refractivity contribution in [3.8, 4) is 5.75 Å². The number of nitrogens with zero attached hydrogens (tertiary/aromatic N) is 4. The van der Waals surface area contributed by atoms with Crippen molar-refractivity contribution in [2.24, 2.45) is 0 Å². The molecule has 26 heavy (non-hydrogen) atoms. The molecule has 2 saturated heterocycles. The molecule has 2 aliphatic heterocycles. The van der Waals surface area contributed by atoms with Crippen LogP contribution in [0.1, 0.15) is 42.6 Å². The van der Waals surface area contributed by atoms with Crippen LogP contribution in [0.3, 0.4) is 0 Å². The SMILES string of the molecule is COc1cccc2c1nc(N)n1cc(C(=O)N3C4CCCC3CC4)nc21. The third-order valence-corrected chi connectivity index (χ3v) is 5.79. The highest BCUT2D eigenvalue weighted by Crippen LogP contribution is 2.36. The molecule has 3 aromatic rings. The van der Waals surface area contributed by atoms with Crippen LogP contribution >= 0.6 is 0 Å². The summed E-state index contributed by atoms with van der Waals surface area (Å²) in [6.45, 7) is 0. The molecule has 2 fully saturated rings. The summed E-state index contributed by atoms with van der Waals surface area (Å²) < 4.78 is 7.08. The van der Waals surface area contributed by atoms with Crippen LogP contribution in [0, 0.1) is 0 Å². The lowest BCUT2D eigenvalue weighted by Crippen LogP contribution is -2.44. The number of methoxy groups -OCH3 is 1. The largest absolute Gasteiger partial charge is 0.494 e. The topological polar surface area (TPSA) is 85.8 Å². The van der Waals surface area contributed by atoms with Crippen molar-refractivity contribution in [3.63, 3.8) is 0 Å². The molecule has 1 aromatic carbocycles. The number of benzene rings is 1. The van der Waals surface area contributed by atoms with E-state index in [1.807, 2.05) is 18.2 Å². The number of carbonyl (C=O) groups excluding carboxylic acids is 1. The maximum absolute atomic E-state index is 13.2. The van der Waals surface area contributed by atoms with Gasteiger partial charge in [-0.25, -0.2) is 9.97 Å². The van der Waals surface area contributed by atoms with Crippen LogP contribution in [-0.2, 0) is 0 Å². The minimum atomic E-state index is 0.0105. The van der Waals surface area contributed by atoms with Gasteiger partial charge in [0.05, 0.1) is 7.11 Å². The van der Waals surface area contributed by atoms with Gasteiger partial charge >= 0.3 is 0 Å². The summed E-state index contributed by atoms with van der Waals surface area (Å²) in [7, 11) is 1.60. The van der Waals surface area contributed by atoms with Gasteiger partial charge in [-0.3, -0.25) is 9.20 Å². The third-order valence-electron chi connectivity index (χ3n) is 5.79. The lowest BCUT2D eigenvalue weighted by atomic mass is 10.0. The number of para-hydroxylation sites is 1. The number of aromatic nitrogens is 3. The van der Waals surface area contributed by atoms with E-state index in [1.54, 1.807) is 17.7 Å². The molecule has 7 heteroatoms. The van der Waals surface area contributed by atoms with Crippen molar-refractivity contribution in [2.75, 3.05) is 12.8 Å². The summed E-state index contributed by atoms with van der Waals surface area (Å²) in [6.07, 6.45) is 7.33. The van der Waals surface area contributed by atoms with E-state index in [4.69, 9.17) is 10.5 Å². The Hall–Kier alpha value is -2.83. The molecule has 2 aliphatic rings. The maximum Gasteiger partial charge on any atom is 0.274 e. The minimum Gasteiger partial charge on any atom is -0.494 e. The first-order valence-corrected chi connectivity index (χ1v) is 9.11. The average Bonchev–Trinajstić information content (AvgIpc) is 3.21. The number of fused-ring (bicyclic) bond motifs is 5. The standard InChI is InChI=1S/C19H21N5O2/c1-26-15-7-3-6-13-16(15)22-19(20)23-10-14(21-17(13)23)18(25)24-11-4-2-5-12(24)9-8-11/h3,6-7,10-12H,2,4-5,8-9H2,1H3,(H2,20,22). The summed E-state index contributed by atoms with van der Waals surface area (Å²) in [5.74, 6) is 0.947. The summed E-state index contributed by atoms with van der Waals surface area (Å²) in [4.78, 5) is 24.3. The minimum absolute atomic E-state index is 0.0105. The fraction of sp³-hybridized carbons (Fsp3) is 0.421. The van der Waals surface area contributed by atoms with Crippen molar-refractivity contribution in [3.05, 3.63) is 30.1 Å². The highest BCUT2D eigenvalue weighted by Gasteiger charge is 2.40. The van der Waals surface area contributed by atoms with Crippen molar-refractivity contribution in [2.45, 2.75) is 44.2 Å². The van der Waals surface area contributed by atoms with E-state index in [0.717, 1.165) is 31.1 Å². The van der Waals surface area contributed by atoms with Gasteiger partial charge in [-0.1, -0.05) is 6.07 Å². The predicted molar refractivity (Wildman–Crippen MR) is 98.3 cm³/mol. The molecule has 2 unspecified atom stereocenters. The Morgan fingerprint density at radius 3 is 2.69 bits per heavy atom. The van der Waals surface area contributed by atoms with Crippen LogP contribution in [0.25, 0.3) is 16.6 Å². The second-order valence-corrected chi connectivity index (χ2v) is 7.17. The average molecular weight is 351 g/mol. The van der Waals surface area contributed by atoms with E-state index < -0.39 is 0 Å². The zero-order valence-electron chi connectivity index (χ0n) is 14.7. The van der Waals surface area contributed by atoms with E-state index in [0.29, 0.717) is 40.6 Å². The van der Waals surface area contributed by atoms with Crippen LogP contribution in [0.5, 0.6) is 5.75 Å². The van der Waals surface area contributed by atoms with Crippen LogP contribution in [0.4, 0.5) is 5.95 Å². The van der Waals surface area contributed by atoms with Gasteiger partial charge in [-0.05, 0) is 44.2 Å². The molecule has 2 N–H and O–H groups in total. The lowest BCUT2D eigenvalue weighted by molar-refractivity contribution is 0.0590. The molecule has 4 heterocycles.